The van der Waals surface area contributed by atoms with Gasteiger partial charge in [0.25, 0.3) is 5.91 Å². The highest BCUT2D eigenvalue weighted by atomic mass is 32.2. The van der Waals surface area contributed by atoms with Crippen LogP contribution < -0.4 is 0 Å². The molecule has 0 radical (unpaired) electrons. The largest absolute Gasteiger partial charge is 0.338 e. The number of likely N-dealkylation sites (tertiary alicyclic amines) is 1. The third-order valence-electron chi connectivity index (χ3n) is 4.40. The molecule has 1 aromatic heterocycles. The second-order valence-corrected chi connectivity index (χ2v) is 8.58. The van der Waals surface area contributed by atoms with Crippen molar-refractivity contribution in [1.82, 2.24) is 9.80 Å². The van der Waals surface area contributed by atoms with E-state index < -0.39 is 0 Å². The Morgan fingerprint density at radius 2 is 2.29 bits per heavy atom. The van der Waals surface area contributed by atoms with Crippen molar-refractivity contribution in [2.45, 2.75) is 38.6 Å². The molecule has 2 fully saturated rings. The number of carbonyl (C=O) groups excluding carboxylic acids is 2. The summed E-state index contributed by atoms with van der Waals surface area (Å²) in [6.45, 7) is 2.96. The van der Waals surface area contributed by atoms with E-state index in [0.717, 1.165) is 30.7 Å². The van der Waals surface area contributed by atoms with Crippen LogP contribution in [-0.4, -0.2) is 45.1 Å². The fourth-order valence-corrected chi connectivity index (χ4v) is 5.10. The number of thioether (sulfide) groups is 1. The molecule has 24 heavy (non-hydrogen) atoms. The minimum Gasteiger partial charge on any atom is -0.338 e. The Kier molecular flexibility index (Phi) is 5.73. The second kappa shape index (κ2) is 7.80. The third-order valence-corrected chi connectivity index (χ3v) is 6.60. The molecule has 4 nitrogen and oxygen atoms in total. The average Bonchev–Trinajstić information content (AvgIpc) is 3.19. The molecule has 1 aromatic rings. The maximum Gasteiger partial charge on any atom is 0.266 e. The lowest BCUT2D eigenvalue weighted by atomic mass is 10.00. The van der Waals surface area contributed by atoms with Crippen molar-refractivity contribution in [3.63, 3.8) is 0 Å². The van der Waals surface area contributed by atoms with Gasteiger partial charge in [-0.3, -0.25) is 14.5 Å². The van der Waals surface area contributed by atoms with Crippen LogP contribution in [0.5, 0.6) is 0 Å². The van der Waals surface area contributed by atoms with E-state index >= 15 is 0 Å². The molecule has 2 amide bonds. The normalized spacial score (nSPS) is 23.4. The van der Waals surface area contributed by atoms with Gasteiger partial charge in [0.2, 0.25) is 5.91 Å². The number of amides is 2. The molecule has 3 rings (SSSR count). The van der Waals surface area contributed by atoms with Crippen LogP contribution in [0.4, 0.5) is 0 Å². The zero-order chi connectivity index (χ0) is 17.1. The average molecular weight is 381 g/mol. The molecule has 1 atom stereocenters. The Labute approximate surface area is 155 Å². The highest BCUT2D eigenvalue weighted by molar-refractivity contribution is 8.26. The number of hydrogen-bond donors (Lipinski definition) is 0. The van der Waals surface area contributed by atoms with Gasteiger partial charge < -0.3 is 4.90 Å². The first kappa shape index (κ1) is 17.6. The van der Waals surface area contributed by atoms with E-state index in [9.17, 15) is 9.59 Å². The maximum atomic E-state index is 12.7. The van der Waals surface area contributed by atoms with Crippen molar-refractivity contribution in [1.29, 1.82) is 0 Å². The molecular formula is C17H20N2O2S3. The number of thiophene rings is 1. The van der Waals surface area contributed by atoms with E-state index in [1.807, 2.05) is 28.5 Å². The van der Waals surface area contributed by atoms with E-state index in [0.29, 0.717) is 15.3 Å². The van der Waals surface area contributed by atoms with Gasteiger partial charge >= 0.3 is 0 Å². The molecule has 2 aliphatic rings. The summed E-state index contributed by atoms with van der Waals surface area (Å²) in [7, 11) is 0. The molecule has 0 bridgehead atoms. The van der Waals surface area contributed by atoms with Gasteiger partial charge in [-0.05, 0) is 43.2 Å². The number of thiocarbonyl (C=S) groups is 1. The van der Waals surface area contributed by atoms with Crippen LogP contribution in [-0.2, 0) is 9.59 Å². The van der Waals surface area contributed by atoms with Crippen LogP contribution in [0.1, 0.15) is 37.5 Å². The predicted molar refractivity (Wildman–Crippen MR) is 104 cm³/mol. The lowest BCUT2D eigenvalue weighted by molar-refractivity contribution is -0.138. The molecule has 0 aromatic carbocycles. The molecule has 0 saturated carbocycles. The molecule has 0 aliphatic carbocycles. The first-order chi connectivity index (χ1) is 11.6. The minimum atomic E-state index is -0.156. The van der Waals surface area contributed by atoms with Gasteiger partial charge in [-0.2, -0.15) is 0 Å². The summed E-state index contributed by atoms with van der Waals surface area (Å²) >= 11 is 8.18. The Hall–Kier alpha value is -1.18. The summed E-state index contributed by atoms with van der Waals surface area (Å²) in [5, 5.41) is 1.97. The van der Waals surface area contributed by atoms with E-state index in [1.54, 1.807) is 11.3 Å². The maximum absolute atomic E-state index is 12.7. The lowest BCUT2D eigenvalue weighted by Crippen LogP contribution is -2.48. The summed E-state index contributed by atoms with van der Waals surface area (Å²) in [6.07, 6.45) is 6.08. The van der Waals surface area contributed by atoms with Crippen molar-refractivity contribution >= 4 is 57.5 Å². The Balaban J connectivity index is 1.69. The Bertz CT molecular complexity index is 669. The smallest absolute Gasteiger partial charge is 0.266 e. The number of nitrogens with zero attached hydrogens (tertiary/aromatic N) is 2. The van der Waals surface area contributed by atoms with Gasteiger partial charge in [-0.15, -0.1) is 11.3 Å². The Morgan fingerprint density at radius 1 is 1.46 bits per heavy atom. The first-order valence-corrected chi connectivity index (χ1v) is 10.3. The third kappa shape index (κ3) is 3.73. The van der Waals surface area contributed by atoms with Crippen LogP contribution in [0, 0.1) is 0 Å². The molecule has 128 valence electrons. The van der Waals surface area contributed by atoms with Crippen LogP contribution >= 0.6 is 35.3 Å². The molecule has 2 saturated heterocycles. The summed E-state index contributed by atoms with van der Waals surface area (Å²) in [5.74, 6) is -0.146. The first-order valence-electron chi connectivity index (χ1n) is 8.18. The molecule has 2 aliphatic heterocycles. The topological polar surface area (TPSA) is 40.6 Å². The van der Waals surface area contributed by atoms with Crippen LogP contribution in [0.2, 0.25) is 0 Å². The number of rotatable bonds is 4. The van der Waals surface area contributed by atoms with Gasteiger partial charge in [0.05, 0.1) is 4.91 Å². The molecular weight excluding hydrogens is 360 g/mol. The van der Waals surface area contributed by atoms with Crippen LogP contribution in [0.15, 0.2) is 22.4 Å². The monoisotopic (exact) mass is 380 g/mol. The highest BCUT2D eigenvalue weighted by Gasteiger charge is 2.35. The lowest BCUT2D eigenvalue weighted by Gasteiger charge is -2.36. The second-order valence-electron chi connectivity index (χ2n) is 5.93. The van der Waals surface area contributed by atoms with Gasteiger partial charge in [0, 0.05) is 17.5 Å². The SMILES string of the molecule is CC[C@@H]1CCCCN1C(=O)CN1C(=O)/C(=C\c2cccs2)SC1=S. The van der Waals surface area contributed by atoms with Crippen LogP contribution in [0.3, 0.4) is 0 Å². The molecule has 0 N–H and O–H groups in total. The van der Waals surface area contributed by atoms with Gasteiger partial charge in [0.1, 0.15) is 10.9 Å². The number of carbonyl (C=O) groups is 2. The zero-order valence-corrected chi connectivity index (χ0v) is 16.0. The summed E-state index contributed by atoms with van der Waals surface area (Å²) in [6, 6.07) is 4.20. The predicted octanol–water partition coefficient (Wildman–Crippen LogP) is 3.74. The fourth-order valence-electron chi connectivity index (χ4n) is 3.12. The van der Waals surface area contributed by atoms with Crippen molar-refractivity contribution < 1.29 is 9.59 Å². The molecule has 3 heterocycles. The summed E-state index contributed by atoms with van der Waals surface area (Å²) in [4.78, 5) is 30.3. The van der Waals surface area contributed by atoms with Crippen molar-refractivity contribution in [2.24, 2.45) is 0 Å². The van der Waals surface area contributed by atoms with E-state index in [1.165, 1.54) is 23.1 Å². The van der Waals surface area contributed by atoms with Crippen molar-refractivity contribution in [2.75, 3.05) is 13.1 Å². The fraction of sp³-hybridized carbons (Fsp3) is 0.471. The zero-order valence-electron chi connectivity index (χ0n) is 13.6. The van der Waals surface area contributed by atoms with E-state index in [2.05, 4.69) is 6.92 Å². The minimum absolute atomic E-state index is 0.00947. The van der Waals surface area contributed by atoms with Gasteiger partial charge in [-0.1, -0.05) is 37.0 Å². The number of hydrogen-bond acceptors (Lipinski definition) is 5. The van der Waals surface area contributed by atoms with Crippen molar-refractivity contribution in [3.05, 3.63) is 27.3 Å². The van der Waals surface area contributed by atoms with Crippen molar-refractivity contribution in [3.8, 4) is 0 Å². The summed E-state index contributed by atoms with van der Waals surface area (Å²) in [5.41, 5.74) is 0. The molecule has 0 spiro atoms. The van der Waals surface area contributed by atoms with E-state index in [4.69, 9.17) is 12.2 Å². The van der Waals surface area contributed by atoms with E-state index in [-0.39, 0.29) is 18.4 Å². The number of piperidine rings is 1. The van der Waals surface area contributed by atoms with Gasteiger partial charge in [-0.25, -0.2) is 0 Å². The quantitative estimate of drug-likeness (QED) is 0.589. The van der Waals surface area contributed by atoms with Crippen LogP contribution in [0.25, 0.3) is 6.08 Å². The summed E-state index contributed by atoms with van der Waals surface area (Å²) < 4.78 is 0.473. The molecule has 7 heteroatoms. The Morgan fingerprint density at radius 3 is 3.00 bits per heavy atom. The highest BCUT2D eigenvalue weighted by Crippen LogP contribution is 2.33. The molecule has 0 unspecified atom stereocenters. The van der Waals surface area contributed by atoms with Gasteiger partial charge in [0.15, 0.2) is 0 Å². The standard InChI is InChI=1S/C17H20N2O2S3/c1-2-12-6-3-4-8-18(12)15(20)11-19-16(21)14(24-17(19)22)10-13-7-5-9-23-13/h5,7,9-10,12H,2-4,6,8,11H2,1H3/b14-10+/t12-/m1/s1.